The Kier molecular flexibility index (Phi) is 5.43. The molecule has 1 aliphatic heterocycles. The van der Waals surface area contributed by atoms with Gasteiger partial charge in [0.05, 0.1) is 29.3 Å². The van der Waals surface area contributed by atoms with Crippen molar-refractivity contribution >= 4 is 33.7 Å². The highest BCUT2D eigenvalue weighted by atomic mass is 35.5. The van der Waals surface area contributed by atoms with Gasteiger partial charge in [0, 0.05) is 29.2 Å². The molecule has 0 unspecified atom stereocenters. The maximum absolute atomic E-state index is 11.4. The lowest BCUT2D eigenvalue weighted by Gasteiger charge is -2.31. The second-order valence-electron chi connectivity index (χ2n) is 7.55. The molecule has 9 heteroatoms. The van der Waals surface area contributed by atoms with Crippen molar-refractivity contribution in [1.82, 2.24) is 9.97 Å². The Balaban J connectivity index is 1.54. The number of benzene rings is 3. The molecule has 2 heterocycles. The van der Waals surface area contributed by atoms with E-state index in [-0.39, 0.29) is 23.3 Å². The van der Waals surface area contributed by atoms with Gasteiger partial charge in [0.15, 0.2) is 0 Å². The van der Waals surface area contributed by atoms with Crippen LogP contribution < -0.4 is 14.4 Å². The van der Waals surface area contributed by atoms with Gasteiger partial charge in [-0.15, -0.1) is 0 Å². The lowest BCUT2D eigenvalue weighted by Crippen LogP contribution is -2.32. The monoisotopic (exact) mass is 462 g/mol. The van der Waals surface area contributed by atoms with Crippen molar-refractivity contribution in [3.05, 3.63) is 87.1 Å². The van der Waals surface area contributed by atoms with E-state index in [0.29, 0.717) is 24.5 Å². The third-order valence-electron chi connectivity index (χ3n) is 5.63. The van der Waals surface area contributed by atoms with E-state index in [1.54, 1.807) is 18.2 Å². The normalized spacial score (nSPS) is 13.0. The summed E-state index contributed by atoms with van der Waals surface area (Å²) in [6.07, 6.45) is 0.593. The number of hydrogen-bond donors (Lipinski definition) is 0. The molecule has 0 amide bonds. The minimum Gasteiger partial charge on any atom is -0.467 e. The van der Waals surface area contributed by atoms with Crippen molar-refractivity contribution in [1.29, 1.82) is 0 Å². The Hall–Kier alpha value is -3.91. The van der Waals surface area contributed by atoms with Gasteiger partial charge in [0.1, 0.15) is 0 Å². The van der Waals surface area contributed by atoms with Crippen LogP contribution >= 0.6 is 11.6 Å². The first-order valence-corrected chi connectivity index (χ1v) is 10.7. The van der Waals surface area contributed by atoms with Gasteiger partial charge in [-0.05, 0) is 30.0 Å². The number of fused-ring (bicyclic) bond motifs is 2. The fraction of sp³-hybridized carbons (Fsp3) is 0.167. The fourth-order valence-corrected chi connectivity index (χ4v) is 4.37. The topological polar surface area (TPSA) is 90.6 Å². The molecule has 0 saturated carbocycles. The molecule has 5 rings (SSSR count). The minimum atomic E-state index is -0.480. The maximum atomic E-state index is 11.4. The Morgan fingerprint density at radius 3 is 2.64 bits per heavy atom. The summed E-state index contributed by atoms with van der Waals surface area (Å²) in [6, 6.07) is 18.3. The molecule has 1 aliphatic rings. The Morgan fingerprint density at radius 1 is 1.06 bits per heavy atom. The average Bonchev–Trinajstić information content (AvgIpc) is 2.83. The molecule has 0 spiro atoms. The van der Waals surface area contributed by atoms with Crippen molar-refractivity contribution < 1.29 is 14.4 Å². The number of para-hydroxylation sites is 2. The summed E-state index contributed by atoms with van der Waals surface area (Å²) < 4.78 is 11.2. The highest BCUT2D eigenvalue weighted by Crippen LogP contribution is 2.38. The van der Waals surface area contributed by atoms with Crippen LogP contribution in [0, 0.1) is 10.1 Å². The van der Waals surface area contributed by atoms with E-state index in [1.165, 1.54) is 13.2 Å². The van der Waals surface area contributed by atoms with Gasteiger partial charge in [-0.2, -0.15) is 9.97 Å². The highest BCUT2D eigenvalue weighted by molar-refractivity contribution is 6.36. The van der Waals surface area contributed by atoms with Gasteiger partial charge in [0.25, 0.3) is 0 Å². The van der Waals surface area contributed by atoms with E-state index in [4.69, 9.17) is 21.1 Å². The molecule has 0 bridgehead atoms. The van der Waals surface area contributed by atoms with Crippen LogP contribution in [0.2, 0.25) is 5.02 Å². The average molecular weight is 463 g/mol. The molecule has 4 aromatic rings. The van der Waals surface area contributed by atoms with E-state index in [1.807, 2.05) is 36.4 Å². The minimum absolute atomic E-state index is 0.119. The first-order valence-electron chi connectivity index (χ1n) is 10.3. The first kappa shape index (κ1) is 21.0. The number of anilines is 1. The Labute approximate surface area is 194 Å². The van der Waals surface area contributed by atoms with Crippen molar-refractivity contribution in [2.24, 2.45) is 0 Å². The van der Waals surface area contributed by atoms with E-state index in [2.05, 4.69) is 14.9 Å². The second kappa shape index (κ2) is 8.55. The van der Waals surface area contributed by atoms with Crippen LogP contribution in [0.1, 0.15) is 11.3 Å². The summed E-state index contributed by atoms with van der Waals surface area (Å²) in [5, 5.41) is 14.1. The highest BCUT2D eigenvalue weighted by Gasteiger charge is 2.27. The Morgan fingerprint density at radius 2 is 1.85 bits per heavy atom. The number of ether oxygens (including phenoxy) is 2. The van der Waals surface area contributed by atoms with Crippen LogP contribution in [-0.4, -0.2) is 28.5 Å². The number of aromatic nitrogens is 2. The van der Waals surface area contributed by atoms with Crippen LogP contribution in [0.15, 0.2) is 60.7 Å². The molecule has 0 saturated heterocycles. The third-order valence-corrected chi connectivity index (χ3v) is 5.95. The van der Waals surface area contributed by atoms with Crippen molar-refractivity contribution in [3.63, 3.8) is 0 Å². The van der Waals surface area contributed by atoms with Gasteiger partial charge in [-0.3, -0.25) is 10.1 Å². The van der Waals surface area contributed by atoms with Gasteiger partial charge >= 0.3 is 11.7 Å². The predicted molar refractivity (Wildman–Crippen MR) is 125 cm³/mol. The lowest BCUT2D eigenvalue weighted by molar-refractivity contribution is -0.385. The van der Waals surface area contributed by atoms with Gasteiger partial charge in [-0.25, -0.2) is 0 Å². The van der Waals surface area contributed by atoms with Crippen LogP contribution in [0.5, 0.6) is 17.6 Å². The molecule has 0 atom stereocenters. The van der Waals surface area contributed by atoms with Crippen LogP contribution in [0.3, 0.4) is 0 Å². The molecule has 3 aromatic carbocycles. The first-order chi connectivity index (χ1) is 16.0. The molecule has 1 aromatic heterocycles. The molecule has 8 nitrogen and oxygen atoms in total. The summed E-state index contributed by atoms with van der Waals surface area (Å²) >= 11 is 6.54. The largest absolute Gasteiger partial charge is 0.467 e. The molecule has 0 N–H and O–H groups in total. The molecular formula is C24H19ClN4O4. The number of nitro groups is 1. The molecule has 0 fully saturated rings. The third kappa shape index (κ3) is 3.89. The second-order valence-corrected chi connectivity index (χ2v) is 7.96. The number of methoxy groups -OCH3 is 1. The number of halogens is 1. The Bertz CT molecular complexity index is 1370. The number of nitro benzene ring substituents is 1. The van der Waals surface area contributed by atoms with Gasteiger partial charge in [0.2, 0.25) is 11.6 Å². The standard InChI is InChI=1S/C24H19ClN4O4/c1-32-24-26-18-14-28(20-10-5-7-15-6-4-8-17(25)22(15)20)13-12-16(18)23(27-24)33-21-11-3-2-9-19(21)29(30)31/h2-11H,12-14H2,1H3. The molecular weight excluding hydrogens is 444 g/mol. The molecule has 33 heavy (non-hydrogen) atoms. The number of hydrogen-bond acceptors (Lipinski definition) is 7. The van der Waals surface area contributed by atoms with Crippen molar-refractivity contribution in [2.45, 2.75) is 13.0 Å². The SMILES string of the molecule is COc1nc2c(c(Oc3ccccc3[N+](=O)[O-])n1)CCN(c1cccc3cccc(Cl)c13)C2. The zero-order chi connectivity index (χ0) is 22.9. The van der Waals surface area contributed by atoms with Crippen LogP contribution in [0.25, 0.3) is 10.8 Å². The summed E-state index contributed by atoms with van der Waals surface area (Å²) in [5.74, 6) is 0.385. The van der Waals surface area contributed by atoms with E-state index >= 15 is 0 Å². The van der Waals surface area contributed by atoms with Crippen LogP contribution in [-0.2, 0) is 13.0 Å². The number of rotatable bonds is 5. The smallest absolute Gasteiger partial charge is 0.319 e. The van der Waals surface area contributed by atoms with E-state index in [0.717, 1.165) is 27.7 Å². The molecule has 0 aliphatic carbocycles. The van der Waals surface area contributed by atoms with Gasteiger partial charge < -0.3 is 14.4 Å². The quantitative estimate of drug-likeness (QED) is 0.283. The zero-order valence-corrected chi connectivity index (χ0v) is 18.5. The van der Waals surface area contributed by atoms with Crippen molar-refractivity contribution in [3.8, 4) is 17.6 Å². The fourth-order valence-electron chi connectivity index (χ4n) is 4.09. The summed E-state index contributed by atoms with van der Waals surface area (Å²) in [7, 11) is 1.47. The summed E-state index contributed by atoms with van der Waals surface area (Å²) in [4.78, 5) is 22.0. The van der Waals surface area contributed by atoms with Crippen molar-refractivity contribution in [2.75, 3.05) is 18.6 Å². The van der Waals surface area contributed by atoms with E-state index in [9.17, 15) is 10.1 Å². The molecule has 166 valence electrons. The lowest BCUT2D eigenvalue weighted by atomic mass is 10.0. The van der Waals surface area contributed by atoms with E-state index < -0.39 is 4.92 Å². The predicted octanol–water partition coefficient (Wildman–Crippen LogP) is 5.56. The van der Waals surface area contributed by atoms with Gasteiger partial charge in [-0.1, -0.05) is 48.0 Å². The maximum Gasteiger partial charge on any atom is 0.319 e. The number of nitrogens with zero attached hydrogens (tertiary/aromatic N) is 4. The van der Waals surface area contributed by atoms with Crippen LogP contribution in [0.4, 0.5) is 11.4 Å². The zero-order valence-electron chi connectivity index (χ0n) is 17.7. The molecule has 0 radical (unpaired) electrons. The summed E-state index contributed by atoms with van der Waals surface area (Å²) in [6.45, 7) is 1.17. The summed E-state index contributed by atoms with van der Waals surface area (Å²) in [5.41, 5.74) is 2.43.